The fourth-order valence-electron chi connectivity index (χ4n) is 8.86. The molecule has 5 aliphatic heterocycles. The average Bonchev–Trinajstić information content (AvgIpc) is 3.68. The number of aliphatic hydroxyl groups is 1. The number of nitrogens with one attached hydrogen (secondary N) is 1. The molecular formula is C37H38N4O10. The topological polar surface area (TPSA) is 167 Å². The molecule has 1 saturated heterocycles. The molecule has 1 fully saturated rings. The van der Waals surface area contributed by atoms with Gasteiger partial charge in [0.15, 0.2) is 23.0 Å². The molecule has 2 bridgehead atoms. The molecule has 266 valence electrons. The fourth-order valence-corrected chi connectivity index (χ4v) is 8.86. The number of piperazine rings is 1. The van der Waals surface area contributed by atoms with Crippen molar-refractivity contribution in [1.82, 2.24) is 20.0 Å². The van der Waals surface area contributed by atoms with Crippen molar-refractivity contribution in [3.63, 3.8) is 0 Å². The Bertz CT molecular complexity index is 2030. The lowest BCUT2D eigenvalue weighted by molar-refractivity contribution is -0.179. The second-order valence-corrected chi connectivity index (χ2v) is 13.8. The number of ether oxygens (including phenoxy) is 4. The number of aryl methyl sites for hydroxylation is 1. The van der Waals surface area contributed by atoms with Crippen LogP contribution in [-0.4, -0.2) is 93.9 Å². The van der Waals surface area contributed by atoms with Gasteiger partial charge in [0, 0.05) is 35.2 Å². The molecule has 14 nitrogen and oxygen atoms in total. The number of imide groups is 1. The van der Waals surface area contributed by atoms with Crippen LogP contribution in [0.4, 0.5) is 0 Å². The Morgan fingerprint density at radius 1 is 1.00 bits per heavy atom. The lowest BCUT2D eigenvalue weighted by Crippen LogP contribution is -2.70. The predicted molar refractivity (Wildman–Crippen MR) is 179 cm³/mol. The van der Waals surface area contributed by atoms with E-state index in [0.29, 0.717) is 45.9 Å². The Morgan fingerprint density at radius 3 is 2.31 bits per heavy atom. The molecule has 14 heteroatoms. The van der Waals surface area contributed by atoms with Crippen molar-refractivity contribution in [1.29, 1.82) is 0 Å². The van der Waals surface area contributed by atoms with Crippen LogP contribution in [0, 0.1) is 13.8 Å². The average molecular weight is 699 g/mol. The maximum absolute atomic E-state index is 14.4. The Kier molecular flexibility index (Phi) is 7.56. The summed E-state index contributed by atoms with van der Waals surface area (Å²) in [6.07, 6.45) is -1.67. The van der Waals surface area contributed by atoms with Crippen molar-refractivity contribution < 1.29 is 48.3 Å². The number of phenolic OH excluding ortho intramolecular Hbond substituents is 1. The monoisotopic (exact) mass is 698 g/mol. The molecule has 0 saturated carbocycles. The first-order chi connectivity index (χ1) is 24.3. The standard InChI is InChI=1S/C37H38N4O10/c1-15-11-19-12-24-37(47)41-23(27(39(24)5)25(19)28(43)29(15)48-6)13-22-26(32-31(49-14-50-32)16(2)30(22)51-18(4)42)33(41)38-34(44)17(3)40-35(45)20-9-7-8-10-21(20)36(40)46/h7-11,17,23-24,27,33,37,43,47H,12-14H2,1-6H3,(H,38,44)/t17-,23-,24?,27?,33+,37-/m0/s1. The van der Waals surface area contributed by atoms with Crippen LogP contribution in [0.15, 0.2) is 30.3 Å². The number of rotatable bonds is 5. The van der Waals surface area contributed by atoms with Crippen LogP contribution in [0.25, 0.3) is 0 Å². The Labute approximate surface area is 293 Å². The molecule has 3 N–H and O–H groups in total. The third-order valence-electron chi connectivity index (χ3n) is 11.1. The van der Waals surface area contributed by atoms with Crippen molar-refractivity contribution in [2.45, 2.75) is 77.1 Å². The highest BCUT2D eigenvalue weighted by Crippen LogP contribution is 2.57. The maximum Gasteiger partial charge on any atom is 0.308 e. The number of phenols is 1. The molecule has 5 aliphatic rings. The number of benzene rings is 3. The van der Waals surface area contributed by atoms with Gasteiger partial charge in [-0.2, -0.15) is 0 Å². The number of aliphatic hydroxyl groups excluding tert-OH is 1. The number of fused-ring (bicyclic) bond motifs is 10. The molecule has 3 aromatic carbocycles. The number of carbonyl (C=O) groups is 4. The van der Waals surface area contributed by atoms with Crippen LogP contribution < -0.4 is 24.3 Å². The molecule has 5 heterocycles. The van der Waals surface area contributed by atoms with Crippen molar-refractivity contribution in [2.75, 3.05) is 21.0 Å². The number of likely N-dealkylation sites (N-methyl/N-ethyl adjacent to an activating group) is 1. The summed E-state index contributed by atoms with van der Waals surface area (Å²) >= 11 is 0. The van der Waals surface area contributed by atoms with E-state index in [-0.39, 0.29) is 35.8 Å². The number of nitrogens with zero attached hydrogens (tertiary/aromatic N) is 3. The van der Waals surface area contributed by atoms with Crippen LogP contribution in [0.1, 0.15) is 80.2 Å². The summed E-state index contributed by atoms with van der Waals surface area (Å²) in [5, 5.41) is 27.0. The zero-order valence-corrected chi connectivity index (χ0v) is 29.0. The normalized spacial score (nSPS) is 25.1. The number of esters is 1. The van der Waals surface area contributed by atoms with Gasteiger partial charge in [0.2, 0.25) is 12.7 Å². The number of aromatic hydroxyl groups is 1. The SMILES string of the molecule is COc1c(C)cc2c(c1O)C1[C@@H]3Cc4c(OC(C)=O)c(C)c5c(c4[C@H](NC(=O)[C@H](C)N4C(=O)c6ccccc6C4=O)N3[C@@H](O)C(C2)N1C)OCO5. The molecule has 0 spiro atoms. The molecule has 51 heavy (non-hydrogen) atoms. The molecule has 8 rings (SSSR count). The highest BCUT2D eigenvalue weighted by atomic mass is 16.7. The van der Waals surface area contributed by atoms with Gasteiger partial charge in [0.05, 0.1) is 30.3 Å². The van der Waals surface area contributed by atoms with Gasteiger partial charge in [-0.3, -0.25) is 29.0 Å². The minimum atomic E-state index is -1.24. The minimum absolute atomic E-state index is 0.00755. The van der Waals surface area contributed by atoms with Gasteiger partial charge in [0.1, 0.15) is 24.2 Å². The lowest BCUT2D eigenvalue weighted by Gasteiger charge is -2.60. The van der Waals surface area contributed by atoms with E-state index < -0.39 is 60.3 Å². The molecular weight excluding hydrogens is 660 g/mol. The summed E-state index contributed by atoms with van der Waals surface area (Å²) < 4.78 is 23.3. The van der Waals surface area contributed by atoms with E-state index in [9.17, 15) is 29.4 Å². The number of hydrogen-bond acceptors (Lipinski definition) is 12. The summed E-state index contributed by atoms with van der Waals surface area (Å²) in [6, 6.07) is 5.52. The van der Waals surface area contributed by atoms with Gasteiger partial charge >= 0.3 is 5.97 Å². The van der Waals surface area contributed by atoms with Crippen molar-refractivity contribution in [3.8, 4) is 28.7 Å². The zero-order valence-electron chi connectivity index (χ0n) is 29.0. The van der Waals surface area contributed by atoms with E-state index in [0.717, 1.165) is 16.0 Å². The van der Waals surface area contributed by atoms with E-state index in [1.807, 2.05) is 24.9 Å². The minimum Gasteiger partial charge on any atom is -0.504 e. The van der Waals surface area contributed by atoms with Crippen LogP contribution in [0.2, 0.25) is 0 Å². The Hall–Kier alpha value is -5.18. The van der Waals surface area contributed by atoms with Gasteiger partial charge in [-0.15, -0.1) is 0 Å². The quantitative estimate of drug-likeness (QED) is 0.203. The van der Waals surface area contributed by atoms with Crippen molar-refractivity contribution in [3.05, 3.63) is 74.8 Å². The summed E-state index contributed by atoms with van der Waals surface area (Å²) in [6.45, 7) is 6.24. The third-order valence-corrected chi connectivity index (χ3v) is 11.1. The maximum atomic E-state index is 14.4. The summed E-state index contributed by atoms with van der Waals surface area (Å²) in [5.74, 6) is -1.17. The summed E-state index contributed by atoms with van der Waals surface area (Å²) in [5.41, 5.74) is 4.18. The number of methoxy groups -OCH3 is 1. The molecule has 0 aliphatic carbocycles. The van der Waals surface area contributed by atoms with E-state index in [1.54, 1.807) is 36.1 Å². The Balaban J connectivity index is 1.29. The van der Waals surface area contributed by atoms with E-state index in [4.69, 9.17) is 18.9 Å². The van der Waals surface area contributed by atoms with Gasteiger partial charge in [-0.1, -0.05) is 18.2 Å². The molecule has 0 aromatic heterocycles. The molecule has 3 amide bonds. The van der Waals surface area contributed by atoms with Crippen LogP contribution in [0.3, 0.4) is 0 Å². The van der Waals surface area contributed by atoms with Gasteiger partial charge in [-0.25, -0.2) is 4.90 Å². The smallest absolute Gasteiger partial charge is 0.308 e. The lowest BCUT2D eigenvalue weighted by atomic mass is 9.74. The highest BCUT2D eigenvalue weighted by Gasteiger charge is 2.57. The van der Waals surface area contributed by atoms with Crippen LogP contribution in [0.5, 0.6) is 28.7 Å². The number of amides is 3. The van der Waals surface area contributed by atoms with Crippen LogP contribution in [-0.2, 0) is 22.4 Å². The van der Waals surface area contributed by atoms with E-state index in [2.05, 4.69) is 5.32 Å². The largest absolute Gasteiger partial charge is 0.504 e. The second kappa shape index (κ2) is 11.7. The molecule has 3 aromatic rings. The first-order valence-corrected chi connectivity index (χ1v) is 16.8. The zero-order chi connectivity index (χ0) is 36.2. The fraction of sp³-hybridized carbons (Fsp3) is 0.405. The predicted octanol–water partition coefficient (Wildman–Crippen LogP) is 2.63. The second-order valence-electron chi connectivity index (χ2n) is 13.8. The molecule has 6 atom stereocenters. The first-order valence-electron chi connectivity index (χ1n) is 16.8. The van der Waals surface area contributed by atoms with Crippen molar-refractivity contribution >= 4 is 23.7 Å². The highest BCUT2D eigenvalue weighted by molar-refractivity contribution is 6.22. The van der Waals surface area contributed by atoms with E-state index >= 15 is 0 Å². The Morgan fingerprint density at radius 2 is 1.67 bits per heavy atom. The van der Waals surface area contributed by atoms with Gasteiger partial charge in [0.25, 0.3) is 11.8 Å². The van der Waals surface area contributed by atoms with Crippen LogP contribution >= 0.6 is 0 Å². The molecule has 2 unspecified atom stereocenters. The molecule has 0 radical (unpaired) electrons. The number of hydrogen-bond donors (Lipinski definition) is 3. The first kappa shape index (κ1) is 33.0. The number of carbonyl (C=O) groups excluding carboxylic acids is 4. The summed E-state index contributed by atoms with van der Waals surface area (Å²) in [4.78, 5) is 58.4. The van der Waals surface area contributed by atoms with Gasteiger partial charge in [-0.05, 0) is 63.9 Å². The van der Waals surface area contributed by atoms with Gasteiger partial charge < -0.3 is 34.5 Å². The van der Waals surface area contributed by atoms with Crippen molar-refractivity contribution in [2.24, 2.45) is 0 Å². The summed E-state index contributed by atoms with van der Waals surface area (Å²) in [7, 11) is 3.38. The third kappa shape index (κ3) is 4.59. The van der Waals surface area contributed by atoms with E-state index in [1.165, 1.54) is 21.0 Å².